The molecule has 23 N–H and O–H groups in total. The summed E-state index contributed by atoms with van der Waals surface area (Å²) in [6, 6.07) is -2.84. The number of para-hydroxylation sites is 1. The van der Waals surface area contributed by atoms with E-state index in [-0.39, 0.29) is 70.4 Å². The third-order valence-corrected chi connectivity index (χ3v) is 18.6. The van der Waals surface area contributed by atoms with Crippen molar-refractivity contribution in [1.82, 2.24) is 68.8 Å². The Labute approximate surface area is 628 Å². The molecule has 3 aromatic rings. The highest BCUT2D eigenvalue weighted by Gasteiger charge is 2.39. The van der Waals surface area contributed by atoms with Gasteiger partial charge in [-0.25, -0.2) is 4.79 Å². The van der Waals surface area contributed by atoms with Gasteiger partial charge in [0.25, 0.3) is 0 Å². The molecule has 0 aliphatic heterocycles. The van der Waals surface area contributed by atoms with Crippen LogP contribution >= 0.6 is 0 Å². The summed E-state index contributed by atoms with van der Waals surface area (Å²) in [5.41, 5.74) is 19.0. The molecule has 0 radical (unpaired) electrons. The van der Waals surface area contributed by atoms with Gasteiger partial charge in [0.2, 0.25) is 70.9 Å². The Balaban J connectivity index is 1.96. The van der Waals surface area contributed by atoms with E-state index in [1.165, 1.54) is 6.92 Å². The lowest BCUT2D eigenvalue weighted by molar-refractivity contribution is -0.144. The number of nitrogens with one attached hydrogen (secondary N) is 13. The first-order chi connectivity index (χ1) is 51.2. The number of aromatic nitrogens is 1. The van der Waals surface area contributed by atoms with Gasteiger partial charge in [-0.3, -0.25) is 67.1 Å². The highest BCUT2D eigenvalue weighted by molar-refractivity contribution is 6.01. The minimum Gasteiger partial charge on any atom is -0.481 e. The van der Waals surface area contributed by atoms with Crippen LogP contribution in [0.5, 0.6) is 0 Å². The molecule has 0 aliphatic carbocycles. The largest absolute Gasteiger partial charge is 0.481 e. The van der Waals surface area contributed by atoms with Gasteiger partial charge in [-0.2, -0.15) is 0 Å². The number of amides is 12. The fourth-order valence-electron chi connectivity index (χ4n) is 11.5. The predicted molar refractivity (Wildman–Crippen MR) is 398 cm³/mol. The number of hydrogen-bond donors (Lipinski definition) is 20. The molecule has 1 heterocycles. The van der Waals surface area contributed by atoms with Crippen LogP contribution in [0.4, 0.5) is 0 Å². The van der Waals surface area contributed by atoms with E-state index in [4.69, 9.17) is 17.2 Å². The Hall–Kier alpha value is -10.1. The standard InChI is InChI=1S/C73H114N16O19/c1-10-40(6)59(87-65(99)49(27-19-21-31-75)80-64(98)50(28-29-57(92)93)82-68(102)53(34-45-37-77-47-25-17-16-24-46(45)47)84-67(101)51(32-39(4)5)79-56(91)36-76)71(105)85-54(35-58(94)95)69(103)81-48(26-18-20-30-74)63(97)83-52(33-44-22-14-13-15-23-44)66(100)78-43(9)62(96)86-55(38-90)70(104)88-60(41(7)11-2)72(106)89-61(73(107)108)42(8)12-3/h13-17,22-25,37,39-43,48-55,59-61,77,90H,10-12,18-21,26-36,38,74-76H2,1-9H3,(H,78,100)(H,79,91)(H,80,98)(H,81,103)(H,82,102)(H,83,97)(H,84,101)(H,85,105)(H,86,96)(H,87,99)(H,88,104)(H,89,106)(H,92,93)(H,94,95)(H,107,108)/t40-,41-,42-,43-,48-,49-,50-,51-,52-,53-,54-,55-,59-,60-,61-/m0/s1. The van der Waals surface area contributed by atoms with Crippen molar-refractivity contribution < 1.29 is 92.3 Å². The first-order valence-electron chi connectivity index (χ1n) is 36.8. The van der Waals surface area contributed by atoms with E-state index in [1.54, 1.807) is 102 Å². The van der Waals surface area contributed by atoms with E-state index < -0.39 is 211 Å². The van der Waals surface area contributed by atoms with Gasteiger partial charge >= 0.3 is 17.9 Å². The SMILES string of the molecule is CC[C@H](C)[C@H](NC(=O)[C@@H](NC(=O)[C@H](CO)NC(=O)[C@H](C)NC(=O)[C@H](Cc1ccccc1)NC(=O)[C@H](CCCCN)NC(=O)[C@H](CC(=O)O)NC(=O)[C@@H](NC(=O)[C@H](CCCCN)NC(=O)[C@H](CCC(=O)O)NC(=O)[C@H](Cc1c[nH]c2ccccc12)NC(=O)[C@H](CC(C)C)NC(=O)CN)[C@@H](C)CC)[C@@H](C)CC)C(=O)O. The summed E-state index contributed by atoms with van der Waals surface area (Å²) < 4.78 is 0. The van der Waals surface area contributed by atoms with Crippen molar-refractivity contribution in [3.05, 3.63) is 71.9 Å². The molecular weight excluding hydrogens is 1400 g/mol. The zero-order valence-electron chi connectivity index (χ0n) is 63.1. The summed E-state index contributed by atoms with van der Waals surface area (Å²) >= 11 is 0. The van der Waals surface area contributed by atoms with Gasteiger partial charge in [-0.05, 0) is 112 Å². The molecule has 35 nitrogen and oxygen atoms in total. The zero-order chi connectivity index (χ0) is 80.9. The van der Waals surface area contributed by atoms with Crippen LogP contribution in [0.15, 0.2) is 60.8 Å². The van der Waals surface area contributed by atoms with Crippen molar-refractivity contribution in [2.24, 2.45) is 40.9 Å². The molecule has 0 unspecified atom stereocenters. The van der Waals surface area contributed by atoms with E-state index in [2.05, 4.69) is 68.8 Å². The van der Waals surface area contributed by atoms with Crippen LogP contribution in [0, 0.1) is 23.7 Å². The lowest BCUT2D eigenvalue weighted by Gasteiger charge is -2.30. The van der Waals surface area contributed by atoms with Crippen LogP contribution in [0.1, 0.15) is 157 Å². The molecule has 15 atom stereocenters. The van der Waals surface area contributed by atoms with Crippen molar-refractivity contribution in [3.63, 3.8) is 0 Å². The number of rotatable bonds is 51. The maximum absolute atomic E-state index is 14.6. The van der Waals surface area contributed by atoms with Crippen molar-refractivity contribution in [3.8, 4) is 0 Å². The van der Waals surface area contributed by atoms with E-state index >= 15 is 0 Å². The van der Waals surface area contributed by atoms with Crippen molar-refractivity contribution in [2.75, 3.05) is 26.2 Å². The Morgan fingerprint density at radius 2 is 0.833 bits per heavy atom. The van der Waals surface area contributed by atoms with Gasteiger partial charge in [-0.1, -0.05) is 123 Å². The van der Waals surface area contributed by atoms with Gasteiger partial charge in [0, 0.05) is 36.4 Å². The van der Waals surface area contributed by atoms with Gasteiger partial charge in [0.15, 0.2) is 0 Å². The topological polar surface area (TPSA) is 575 Å². The lowest BCUT2D eigenvalue weighted by atomic mass is 9.95. The van der Waals surface area contributed by atoms with Crippen LogP contribution in [0.25, 0.3) is 10.9 Å². The van der Waals surface area contributed by atoms with Gasteiger partial charge < -0.3 is 106 Å². The molecule has 0 aliphatic rings. The number of nitrogens with two attached hydrogens (primary N) is 3. The number of aliphatic hydroxyl groups is 1. The Bertz CT molecular complexity index is 3500. The predicted octanol–water partition coefficient (Wildman–Crippen LogP) is -1.39. The van der Waals surface area contributed by atoms with Crippen molar-refractivity contribution in [1.29, 1.82) is 0 Å². The highest BCUT2D eigenvalue weighted by atomic mass is 16.4. The summed E-state index contributed by atoms with van der Waals surface area (Å²) in [6.07, 6.45) is 0.720. The van der Waals surface area contributed by atoms with Gasteiger partial charge in [0.05, 0.1) is 19.6 Å². The van der Waals surface area contributed by atoms with E-state index in [0.29, 0.717) is 47.7 Å². The molecule has 35 heteroatoms. The summed E-state index contributed by atoms with van der Waals surface area (Å²) in [7, 11) is 0. The smallest absolute Gasteiger partial charge is 0.326 e. The van der Waals surface area contributed by atoms with Crippen LogP contribution in [-0.2, 0) is 84.8 Å². The monoisotopic (exact) mass is 1520 g/mol. The van der Waals surface area contributed by atoms with E-state index in [1.807, 2.05) is 13.8 Å². The fraction of sp³-hybridized carbons (Fsp3) is 0.603. The molecule has 3 rings (SSSR count). The molecule has 0 bridgehead atoms. The number of unbranched alkanes of at least 4 members (excludes halogenated alkanes) is 2. The number of fused-ring (bicyclic) bond motifs is 1. The lowest BCUT2D eigenvalue weighted by Crippen LogP contribution is -2.62. The minimum absolute atomic E-state index is 0.130. The Morgan fingerprint density at radius 1 is 0.417 bits per heavy atom. The summed E-state index contributed by atoms with van der Waals surface area (Å²) in [4.78, 5) is 209. The Kier molecular flexibility index (Phi) is 40.5. The number of carbonyl (C=O) groups is 15. The third kappa shape index (κ3) is 31.0. The Morgan fingerprint density at radius 3 is 1.32 bits per heavy atom. The normalized spacial score (nSPS) is 15.4. The number of hydrogen-bond acceptors (Lipinski definition) is 19. The van der Waals surface area contributed by atoms with Crippen molar-refractivity contribution >= 4 is 99.7 Å². The maximum Gasteiger partial charge on any atom is 0.326 e. The van der Waals surface area contributed by atoms with Gasteiger partial charge in [-0.15, -0.1) is 0 Å². The van der Waals surface area contributed by atoms with Crippen LogP contribution in [0.2, 0.25) is 0 Å². The van der Waals surface area contributed by atoms with E-state index in [0.717, 1.165) is 0 Å². The molecule has 108 heavy (non-hydrogen) atoms. The van der Waals surface area contributed by atoms with Crippen molar-refractivity contribution in [2.45, 2.75) is 231 Å². The second-order valence-corrected chi connectivity index (χ2v) is 27.6. The quantitative estimate of drug-likeness (QED) is 0.0289. The number of carbonyl (C=O) groups excluding carboxylic acids is 12. The first-order valence-corrected chi connectivity index (χ1v) is 36.8. The van der Waals surface area contributed by atoms with Crippen LogP contribution < -0.4 is 81.0 Å². The summed E-state index contributed by atoms with van der Waals surface area (Å²) in [5, 5.41) is 71.2. The maximum atomic E-state index is 14.6. The molecule has 12 amide bonds. The first kappa shape index (κ1) is 92.1. The zero-order valence-corrected chi connectivity index (χ0v) is 63.1. The highest BCUT2D eigenvalue weighted by Crippen LogP contribution is 2.21. The second-order valence-electron chi connectivity index (χ2n) is 27.6. The molecule has 0 saturated carbocycles. The molecule has 0 fully saturated rings. The number of aromatic amines is 1. The molecule has 0 spiro atoms. The number of aliphatic hydroxyl groups excluding tert-OH is 1. The van der Waals surface area contributed by atoms with E-state index in [9.17, 15) is 92.3 Å². The molecular formula is C73H114N16O19. The number of carboxylic acid groups (broad SMARTS) is 3. The molecule has 0 saturated heterocycles. The van der Waals surface area contributed by atoms with Crippen LogP contribution in [-0.4, -0.2) is 213 Å². The molecule has 1 aromatic heterocycles. The minimum atomic E-state index is -1.96. The van der Waals surface area contributed by atoms with Crippen LogP contribution in [0.3, 0.4) is 0 Å². The second kappa shape index (κ2) is 47.5. The summed E-state index contributed by atoms with van der Waals surface area (Å²) in [6.45, 7) is 13.7. The number of benzene rings is 2. The summed E-state index contributed by atoms with van der Waals surface area (Å²) in [5.74, 6) is -17.6. The number of H-pyrrole nitrogens is 1. The average Bonchev–Trinajstić information content (AvgIpc) is 1.63. The van der Waals surface area contributed by atoms with Gasteiger partial charge in [0.1, 0.15) is 72.5 Å². The number of aliphatic carboxylic acids is 3. The third-order valence-electron chi connectivity index (χ3n) is 18.6. The molecule has 600 valence electrons. The average molecular weight is 1520 g/mol. The number of carboxylic acids is 3. The molecule has 2 aromatic carbocycles. The fourth-order valence-corrected chi connectivity index (χ4v) is 11.5.